The van der Waals surface area contributed by atoms with E-state index in [0.717, 1.165) is 11.1 Å². The van der Waals surface area contributed by atoms with Crippen LogP contribution in [0.3, 0.4) is 0 Å². The van der Waals surface area contributed by atoms with E-state index in [4.69, 9.17) is 5.73 Å². The van der Waals surface area contributed by atoms with E-state index >= 15 is 0 Å². The first kappa shape index (κ1) is 24.9. The molecule has 0 saturated heterocycles. The summed E-state index contributed by atoms with van der Waals surface area (Å²) in [5.74, 6) is 0.153. The van der Waals surface area contributed by atoms with E-state index in [1.54, 1.807) is 37.3 Å². The Hall–Kier alpha value is -2.14. The topological polar surface area (TPSA) is 114 Å². The third-order valence-corrected chi connectivity index (χ3v) is 5.33. The maximum absolute atomic E-state index is 11.7. The van der Waals surface area contributed by atoms with Gasteiger partial charge in [0.05, 0.1) is 11.4 Å². The van der Waals surface area contributed by atoms with Crippen LogP contribution in [0.4, 0.5) is 0 Å². The molecule has 1 amide bonds. The molecule has 0 saturated carbocycles. The molecule has 0 bridgehead atoms. The molecule has 2 aromatic carbocycles. The fourth-order valence-electron chi connectivity index (χ4n) is 2.76. The van der Waals surface area contributed by atoms with Gasteiger partial charge in [-0.2, -0.15) is 0 Å². The smallest absolute Gasteiger partial charge is 0.248 e. The van der Waals surface area contributed by atoms with Crippen LogP contribution in [-0.4, -0.2) is 33.1 Å². The molecule has 0 spiro atoms. The number of carbonyl (C=O) groups excluding carboxylic acids is 1. The minimum Gasteiger partial charge on any atom is -0.366 e. The number of nitrogens with two attached hydrogens (primary N) is 1. The zero-order chi connectivity index (χ0) is 20.7. The van der Waals surface area contributed by atoms with Crippen LogP contribution in [0.25, 0.3) is 0 Å². The van der Waals surface area contributed by atoms with Gasteiger partial charge in [-0.05, 0) is 48.7 Å². The quantitative estimate of drug-likeness (QED) is 0.289. The molecule has 7 nitrogen and oxygen atoms in total. The highest BCUT2D eigenvalue weighted by Gasteiger charge is 2.11. The summed E-state index contributed by atoms with van der Waals surface area (Å²) in [6.45, 7) is 5.33. The first-order valence-electron chi connectivity index (χ1n) is 8.91. The largest absolute Gasteiger partial charge is 0.366 e. The molecule has 0 unspecified atom stereocenters. The fourth-order valence-corrected chi connectivity index (χ4v) is 3.72. The predicted molar refractivity (Wildman–Crippen MR) is 126 cm³/mol. The standard InChI is InChI=1S/C20H26N4O3S.HI/c1-4-22-20(23-12-15-6-5-7-17(11-15)19(21)25)24-13-16-8-9-18(14(2)10-16)28(3,26)27;/h5-11H,4,12-13H2,1-3H3,(H2,21,25)(H2,22,23,24);1H. The number of rotatable bonds is 7. The van der Waals surface area contributed by atoms with E-state index in [0.29, 0.717) is 41.6 Å². The van der Waals surface area contributed by atoms with E-state index in [1.165, 1.54) is 6.26 Å². The third-order valence-electron chi connectivity index (χ3n) is 4.07. The maximum Gasteiger partial charge on any atom is 0.248 e. The van der Waals surface area contributed by atoms with Gasteiger partial charge in [0.2, 0.25) is 5.91 Å². The number of benzene rings is 2. The fraction of sp³-hybridized carbons (Fsp3) is 0.300. The van der Waals surface area contributed by atoms with Gasteiger partial charge < -0.3 is 16.4 Å². The lowest BCUT2D eigenvalue weighted by atomic mass is 10.1. The Kier molecular flexibility index (Phi) is 9.57. The summed E-state index contributed by atoms with van der Waals surface area (Å²) in [7, 11) is -3.23. The van der Waals surface area contributed by atoms with Crippen molar-refractivity contribution in [2.75, 3.05) is 12.8 Å². The Morgan fingerprint density at radius 1 is 1.10 bits per heavy atom. The molecule has 0 aromatic heterocycles. The van der Waals surface area contributed by atoms with Crippen molar-refractivity contribution in [3.8, 4) is 0 Å². The number of nitrogens with one attached hydrogen (secondary N) is 2. The number of aryl methyl sites for hydroxylation is 1. The van der Waals surface area contributed by atoms with Crippen LogP contribution in [0, 0.1) is 6.92 Å². The number of amides is 1. The summed E-state index contributed by atoms with van der Waals surface area (Å²) >= 11 is 0. The summed E-state index contributed by atoms with van der Waals surface area (Å²) in [4.78, 5) is 16.2. The lowest BCUT2D eigenvalue weighted by Crippen LogP contribution is -2.36. The van der Waals surface area contributed by atoms with Crippen LogP contribution in [0.1, 0.15) is 34.0 Å². The first-order chi connectivity index (χ1) is 13.2. The Labute approximate surface area is 189 Å². The van der Waals surface area contributed by atoms with Crippen LogP contribution < -0.4 is 16.4 Å². The molecule has 2 aromatic rings. The second-order valence-electron chi connectivity index (χ2n) is 6.49. The number of halogens is 1. The minimum atomic E-state index is -3.23. The second-order valence-corrected chi connectivity index (χ2v) is 8.47. The molecule has 9 heteroatoms. The molecule has 4 N–H and O–H groups in total. The number of primary amides is 1. The van der Waals surface area contributed by atoms with Crippen molar-refractivity contribution in [1.82, 2.24) is 10.6 Å². The first-order valence-corrected chi connectivity index (χ1v) is 10.8. The highest BCUT2D eigenvalue weighted by atomic mass is 127. The minimum absolute atomic E-state index is 0. The van der Waals surface area contributed by atoms with Gasteiger partial charge in [0, 0.05) is 24.9 Å². The molecule has 0 aliphatic rings. The summed E-state index contributed by atoms with van der Waals surface area (Å²) in [5.41, 5.74) is 8.30. The highest BCUT2D eigenvalue weighted by Crippen LogP contribution is 2.16. The maximum atomic E-state index is 11.7. The Bertz CT molecular complexity index is 991. The van der Waals surface area contributed by atoms with Crippen molar-refractivity contribution >= 4 is 45.7 Å². The van der Waals surface area contributed by atoms with Crippen molar-refractivity contribution in [2.45, 2.75) is 31.8 Å². The van der Waals surface area contributed by atoms with Gasteiger partial charge in [0.15, 0.2) is 15.8 Å². The van der Waals surface area contributed by atoms with Gasteiger partial charge in [-0.1, -0.05) is 24.3 Å². The highest BCUT2D eigenvalue weighted by molar-refractivity contribution is 14.0. The Balaban J connectivity index is 0.00000420. The number of carbonyl (C=O) groups is 1. The molecule has 0 heterocycles. The summed E-state index contributed by atoms with van der Waals surface area (Å²) in [6, 6.07) is 12.3. The molecule has 2 rings (SSSR count). The van der Waals surface area contributed by atoms with E-state index in [9.17, 15) is 13.2 Å². The van der Waals surface area contributed by atoms with Crippen molar-refractivity contribution in [3.05, 3.63) is 64.7 Å². The number of hydrogen-bond donors (Lipinski definition) is 3. The molecule has 0 fully saturated rings. The summed E-state index contributed by atoms with van der Waals surface area (Å²) < 4.78 is 23.5. The van der Waals surface area contributed by atoms with Gasteiger partial charge in [-0.25, -0.2) is 13.4 Å². The molecule has 0 aliphatic carbocycles. The van der Waals surface area contributed by atoms with Gasteiger partial charge in [-0.15, -0.1) is 24.0 Å². The van der Waals surface area contributed by atoms with Crippen LogP contribution in [0.5, 0.6) is 0 Å². The molecule has 0 atom stereocenters. The van der Waals surface area contributed by atoms with E-state index in [2.05, 4.69) is 15.6 Å². The number of guanidine groups is 1. The normalized spacial score (nSPS) is 11.5. The average Bonchev–Trinajstić information content (AvgIpc) is 2.63. The third kappa shape index (κ3) is 7.65. The van der Waals surface area contributed by atoms with Crippen molar-refractivity contribution in [3.63, 3.8) is 0 Å². The summed E-state index contributed by atoms with van der Waals surface area (Å²) in [6.07, 6.45) is 1.20. The second kappa shape index (κ2) is 11.1. The molecular weight excluding hydrogens is 503 g/mol. The molecule has 158 valence electrons. The lowest BCUT2D eigenvalue weighted by Gasteiger charge is -2.13. The molecule has 29 heavy (non-hydrogen) atoms. The Morgan fingerprint density at radius 2 is 1.83 bits per heavy atom. The van der Waals surface area contributed by atoms with Crippen LogP contribution in [0.15, 0.2) is 52.4 Å². The lowest BCUT2D eigenvalue weighted by molar-refractivity contribution is 0.1000. The van der Waals surface area contributed by atoms with Crippen molar-refractivity contribution < 1.29 is 13.2 Å². The summed E-state index contributed by atoms with van der Waals surface area (Å²) in [5, 5.41) is 6.39. The number of hydrogen-bond acceptors (Lipinski definition) is 4. The van der Waals surface area contributed by atoms with Gasteiger partial charge >= 0.3 is 0 Å². The van der Waals surface area contributed by atoms with Crippen LogP contribution in [-0.2, 0) is 22.9 Å². The molecular formula is C20H27IN4O3S. The molecule has 0 aliphatic heterocycles. The van der Waals surface area contributed by atoms with E-state index in [-0.39, 0.29) is 24.0 Å². The van der Waals surface area contributed by atoms with Crippen molar-refractivity contribution in [1.29, 1.82) is 0 Å². The zero-order valence-corrected chi connectivity index (χ0v) is 19.9. The zero-order valence-electron chi connectivity index (χ0n) is 16.7. The van der Waals surface area contributed by atoms with Crippen LogP contribution >= 0.6 is 24.0 Å². The van der Waals surface area contributed by atoms with E-state index in [1.807, 2.05) is 19.1 Å². The predicted octanol–water partition coefficient (Wildman–Crippen LogP) is 2.37. The number of sulfone groups is 1. The monoisotopic (exact) mass is 530 g/mol. The van der Waals surface area contributed by atoms with Gasteiger partial charge in [-0.3, -0.25) is 4.79 Å². The number of nitrogens with zero attached hydrogens (tertiary/aromatic N) is 1. The Morgan fingerprint density at radius 3 is 2.41 bits per heavy atom. The average molecular weight is 530 g/mol. The molecule has 0 radical (unpaired) electrons. The number of aliphatic imine (C=N–C) groups is 1. The van der Waals surface area contributed by atoms with Gasteiger partial charge in [0.25, 0.3) is 0 Å². The van der Waals surface area contributed by atoms with Crippen LogP contribution in [0.2, 0.25) is 0 Å². The van der Waals surface area contributed by atoms with Crippen molar-refractivity contribution in [2.24, 2.45) is 10.7 Å². The van der Waals surface area contributed by atoms with Gasteiger partial charge in [0.1, 0.15) is 0 Å². The SMILES string of the molecule is CCNC(=NCc1cccc(C(N)=O)c1)NCc1ccc(S(C)(=O)=O)c(C)c1.I. The van der Waals surface area contributed by atoms with E-state index < -0.39 is 15.7 Å².